The molecule has 1 aliphatic rings. The van der Waals surface area contributed by atoms with E-state index in [1.165, 1.54) is 4.90 Å². The van der Waals surface area contributed by atoms with Crippen LogP contribution in [0.5, 0.6) is 11.5 Å². The summed E-state index contributed by atoms with van der Waals surface area (Å²) in [6.07, 6.45) is 0.326. The Balaban J connectivity index is 1.75. The molecule has 1 heterocycles. The van der Waals surface area contributed by atoms with Gasteiger partial charge in [0.15, 0.2) is 0 Å². The maximum atomic E-state index is 13.8. The molecular weight excluding hydrogens is 428 g/mol. The van der Waals surface area contributed by atoms with E-state index in [0.29, 0.717) is 34.2 Å². The smallest absolute Gasteiger partial charge is 0.431 e. The van der Waals surface area contributed by atoms with Gasteiger partial charge in [0.05, 0.1) is 12.2 Å². The van der Waals surface area contributed by atoms with Crippen LogP contribution >= 0.6 is 11.6 Å². The highest BCUT2D eigenvalue weighted by Gasteiger charge is 2.52. The summed E-state index contributed by atoms with van der Waals surface area (Å²) in [6, 6.07) is 21.2. The first kappa shape index (κ1) is 22.0. The summed E-state index contributed by atoms with van der Waals surface area (Å²) in [5.41, 5.74) is 1.81. The zero-order chi connectivity index (χ0) is 22.7. The van der Waals surface area contributed by atoms with E-state index in [2.05, 4.69) is 0 Å². The number of aliphatic hydroxyl groups excluding tert-OH is 1. The summed E-state index contributed by atoms with van der Waals surface area (Å²) < 4.78 is 5.49. The Morgan fingerprint density at radius 2 is 1.72 bits per heavy atom. The number of amides is 3. The highest BCUT2D eigenvalue weighted by Crippen LogP contribution is 2.37. The van der Waals surface area contributed by atoms with Gasteiger partial charge in [-0.1, -0.05) is 48.0 Å². The van der Waals surface area contributed by atoms with Crippen molar-refractivity contribution in [2.45, 2.75) is 13.0 Å². The summed E-state index contributed by atoms with van der Waals surface area (Å²) in [5, 5.41) is 10.0. The first-order valence-corrected chi connectivity index (χ1v) is 10.7. The van der Waals surface area contributed by atoms with Crippen molar-refractivity contribution < 1.29 is 23.9 Å². The monoisotopic (exact) mass is 451 g/mol. The predicted octanol–water partition coefficient (Wildman–Crippen LogP) is 5.24. The van der Waals surface area contributed by atoms with E-state index < -0.39 is 4.48 Å². The quantitative estimate of drug-likeness (QED) is 0.499. The largest absolute Gasteiger partial charge is 0.457 e. The van der Waals surface area contributed by atoms with Crippen molar-refractivity contribution in [3.05, 3.63) is 88.9 Å². The Kier molecular flexibility index (Phi) is 6.28. The van der Waals surface area contributed by atoms with E-state index in [4.69, 9.17) is 16.3 Å². The first-order valence-electron chi connectivity index (χ1n) is 10.4. The molecule has 6 nitrogen and oxygen atoms in total. The maximum Gasteiger partial charge on any atom is 0.431 e. The molecule has 164 valence electrons. The number of aliphatic hydroxyl groups is 1. The molecule has 32 heavy (non-hydrogen) atoms. The summed E-state index contributed by atoms with van der Waals surface area (Å²) >= 11 is 6.05. The lowest BCUT2D eigenvalue weighted by molar-refractivity contribution is -0.781. The van der Waals surface area contributed by atoms with Crippen LogP contribution in [-0.2, 0) is 6.54 Å². The summed E-state index contributed by atoms with van der Waals surface area (Å²) in [7, 11) is 1.67. The van der Waals surface area contributed by atoms with Crippen LogP contribution in [0.3, 0.4) is 0 Å². The molecule has 4 rings (SSSR count). The van der Waals surface area contributed by atoms with Gasteiger partial charge in [-0.15, -0.1) is 0 Å². The van der Waals surface area contributed by atoms with E-state index in [0.717, 1.165) is 5.56 Å². The van der Waals surface area contributed by atoms with Crippen LogP contribution in [0.1, 0.15) is 22.3 Å². The van der Waals surface area contributed by atoms with Gasteiger partial charge in [-0.05, 0) is 36.4 Å². The molecule has 1 unspecified atom stereocenters. The number of benzene rings is 3. The lowest BCUT2D eigenvalue weighted by atomic mass is 10.0. The van der Waals surface area contributed by atoms with Crippen molar-refractivity contribution in [3.8, 4) is 11.5 Å². The average Bonchev–Trinajstić information content (AvgIpc) is 2.80. The minimum absolute atomic E-state index is 0.107. The number of anilines is 1. The number of rotatable bonds is 7. The SMILES string of the molecule is CN1C(=O)[N+](CCCO)(Cc2ccccc2)C(=O)c2cc(Oc3cccc(Cl)c3)ccc21. The molecule has 0 spiro atoms. The zero-order valence-electron chi connectivity index (χ0n) is 17.7. The number of carbonyl (C=O) groups excluding carboxylic acids is 2. The molecule has 1 atom stereocenters. The zero-order valence-corrected chi connectivity index (χ0v) is 18.5. The number of hydrogen-bond acceptors (Lipinski definition) is 4. The fraction of sp³-hybridized carbons (Fsp3) is 0.200. The Morgan fingerprint density at radius 1 is 0.969 bits per heavy atom. The molecule has 1 aliphatic heterocycles. The average molecular weight is 452 g/mol. The van der Waals surface area contributed by atoms with Gasteiger partial charge in [-0.25, -0.2) is 9.59 Å². The van der Waals surface area contributed by atoms with Crippen molar-refractivity contribution >= 4 is 29.2 Å². The maximum absolute atomic E-state index is 13.8. The molecule has 3 aromatic rings. The van der Waals surface area contributed by atoms with Crippen LogP contribution < -0.4 is 9.64 Å². The number of urea groups is 1. The molecule has 0 saturated heterocycles. The Labute approximate surface area is 191 Å². The second-order valence-electron chi connectivity index (χ2n) is 7.80. The number of hydrogen-bond donors (Lipinski definition) is 1. The molecule has 7 heteroatoms. The van der Waals surface area contributed by atoms with E-state index in [1.54, 1.807) is 49.5 Å². The van der Waals surface area contributed by atoms with Gasteiger partial charge in [-0.2, -0.15) is 4.48 Å². The first-order chi connectivity index (χ1) is 15.4. The van der Waals surface area contributed by atoms with E-state index in [-0.39, 0.29) is 31.6 Å². The minimum atomic E-state index is -0.422. The standard InChI is InChI=1S/C25H24ClN2O4/c1-27-23-12-11-21(32-20-10-5-9-19(26)15-20)16-22(23)24(30)28(25(27)31,13-6-14-29)17-18-7-3-2-4-8-18/h2-5,7-12,15-16,29H,6,13-14,17H2,1H3/q+1. The van der Waals surface area contributed by atoms with Gasteiger partial charge in [-0.3, -0.25) is 4.90 Å². The van der Waals surface area contributed by atoms with Crippen molar-refractivity contribution in [1.29, 1.82) is 0 Å². The third-order valence-electron chi connectivity index (χ3n) is 5.63. The molecule has 0 aromatic heterocycles. The second-order valence-corrected chi connectivity index (χ2v) is 8.23. The van der Waals surface area contributed by atoms with Gasteiger partial charge >= 0.3 is 11.9 Å². The summed E-state index contributed by atoms with van der Waals surface area (Å²) in [4.78, 5) is 28.8. The van der Waals surface area contributed by atoms with Gasteiger partial charge in [0.1, 0.15) is 23.6 Å². The van der Waals surface area contributed by atoms with E-state index in [9.17, 15) is 14.7 Å². The fourth-order valence-corrected chi connectivity index (χ4v) is 4.25. The highest BCUT2D eigenvalue weighted by molar-refractivity contribution is 6.30. The molecule has 3 aromatic carbocycles. The third-order valence-corrected chi connectivity index (χ3v) is 5.86. The normalized spacial score (nSPS) is 17.9. The van der Waals surface area contributed by atoms with Gasteiger partial charge in [0, 0.05) is 30.7 Å². The van der Waals surface area contributed by atoms with Crippen LogP contribution in [0, 0.1) is 0 Å². The topological polar surface area (TPSA) is 66.8 Å². The second kappa shape index (κ2) is 9.12. The third kappa shape index (κ3) is 4.12. The van der Waals surface area contributed by atoms with Crippen molar-refractivity contribution in [1.82, 2.24) is 0 Å². The van der Waals surface area contributed by atoms with Crippen LogP contribution in [0.2, 0.25) is 5.02 Å². The van der Waals surface area contributed by atoms with Crippen LogP contribution in [0.4, 0.5) is 10.5 Å². The van der Waals surface area contributed by atoms with Crippen LogP contribution in [0.15, 0.2) is 72.8 Å². The van der Waals surface area contributed by atoms with E-state index >= 15 is 0 Å². The van der Waals surface area contributed by atoms with Gasteiger partial charge in [0.2, 0.25) is 0 Å². The number of ether oxygens (including phenoxy) is 1. The summed E-state index contributed by atoms with van der Waals surface area (Å²) in [6.45, 7) is 0.303. The summed E-state index contributed by atoms with van der Waals surface area (Å²) in [5.74, 6) is 0.717. The number of halogens is 1. The highest BCUT2D eigenvalue weighted by atomic mass is 35.5. The number of fused-ring (bicyclic) bond motifs is 1. The molecule has 0 fully saturated rings. The number of quaternary nitrogens is 1. The van der Waals surface area contributed by atoms with E-state index in [1.807, 2.05) is 30.3 Å². The number of nitrogens with zero attached hydrogens (tertiary/aromatic N) is 2. The molecule has 0 aliphatic carbocycles. The predicted molar refractivity (Wildman–Crippen MR) is 123 cm³/mol. The molecule has 3 amide bonds. The molecular formula is C25H24ClN2O4+. The lowest BCUT2D eigenvalue weighted by Gasteiger charge is -2.40. The molecule has 0 saturated carbocycles. The van der Waals surface area contributed by atoms with Crippen molar-refractivity contribution in [3.63, 3.8) is 0 Å². The molecule has 1 N–H and O–H groups in total. The van der Waals surface area contributed by atoms with Crippen molar-refractivity contribution in [2.75, 3.05) is 25.1 Å². The number of carbonyl (C=O) groups is 2. The Bertz CT molecular complexity index is 1150. The van der Waals surface area contributed by atoms with Crippen LogP contribution in [0.25, 0.3) is 0 Å². The number of imide groups is 1. The van der Waals surface area contributed by atoms with Crippen molar-refractivity contribution in [2.24, 2.45) is 0 Å². The Hall–Kier alpha value is -3.19. The van der Waals surface area contributed by atoms with Crippen LogP contribution in [-0.4, -0.2) is 41.7 Å². The molecule has 0 radical (unpaired) electrons. The Morgan fingerprint density at radius 3 is 2.44 bits per heavy atom. The minimum Gasteiger partial charge on any atom is -0.457 e. The van der Waals surface area contributed by atoms with Gasteiger partial charge in [0.25, 0.3) is 0 Å². The molecule has 0 bridgehead atoms. The lowest BCUT2D eigenvalue weighted by Crippen LogP contribution is -2.64. The van der Waals surface area contributed by atoms with Gasteiger partial charge < -0.3 is 9.84 Å². The fourth-order valence-electron chi connectivity index (χ4n) is 4.07.